The normalized spacial score (nSPS) is 36.7. The van der Waals surface area contributed by atoms with Crippen LogP contribution in [0.25, 0.3) is 10.4 Å². The second-order valence-electron chi connectivity index (χ2n) is 3.16. The Morgan fingerprint density at radius 2 is 2.00 bits per heavy atom. The lowest BCUT2D eigenvalue weighted by Crippen LogP contribution is -2.26. The standard InChI is InChI=1S/C7H13N3O2/c8-10-9-5-2-1-3-6(11)7(12)4-5/h5-7,11-12H,1-4H2/t5-,6-,7+/m0/s1. The van der Waals surface area contributed by atoms with Gasteiger partial charge in [-0.3, -0.25) is 0 Å². The van der Waals surface area contributed by atoms with E-state index < -0.39 is 12.2 Å². The fourth-order valence-corrected chi connectivity index (χ4v) is 1.49. The van der Waals surface area contributed by atoms with E-state index in [1.807, 2.05) is 0 Å². The highest BCUT2D eigenvalue weighted by Gasteiger charge is 2.24. The highest BCUT2D eigenvalue weighted by atomic mass is 16.3. The molecule has 0 aromatic rings. The largest absolute Gasteiger partial charge is 0.390 e. The zero-order valence-corrected chi connectivity index (χ0v) is 6.80. The molecule has 0 aromatic heterocycles. The average molecular weight is 171 g/mol. The molecule has 1 rings (SSSR count). The molecule has 68 valence electrons. The molecule has 0 radical (unpaired) electrons. The summed E-state index contributed by atoms with van der Waals surface area (Å²) in [4.78, 5) is 2.69. The van der Waals surface area contributed by atoms with Crippen LogP contribution in [0.1, 0.15) is 25.7 Å². The van der Waals surface area contributed by atoms with Crippen molar-refractivity contribution in [2.24, 2.45) is 5.11 Å². The molecular weight excluding hydrogens is 158 g/mol. The number of azide groups is 1. The quantitative estimate of drug-likeness (QED) is 0.266. The molecule has 0 unspecified atom stereocenters. The van der Waals surface area contributed by atoms with Crippen LogP contribution in [-0.2, 0) is 0 Å². The molecule has 5 nitrogen and oxygen atoms in total. The van der Waals surface area contributed by atoms with Crippen molar-refractivity contribution < 1.29 is 10.2 Å². The molecular formula is C7H13N3O2. The number of hydrogen-bond donors (Lipinski definition) is 2. The van der Waals surface area contributed by atoms with Gasteiger partial charge in [-0.2, -0.15) is 0 Å². The second-order valence-corrected chi connectivity index (χ2v) is 3.16. The van der Waals surface area contributed by atoms with Gasteiger partial charge in [0.1, 0.15) is 0 Å². The Kier molecular flexibility index (Phi) is 3.34. The van der Waals surface area contributed by atoms with Crippen molar-refractivity contribution >= 4 is 0 Å². The summed E-state index contributed by atoms with van der Waals surface area (Å²) in [5.41, 5.74) is 8.18. The first kappa shape index (κ1) is 9.32. The third-order valence-corrected chi connectivity index (χ3v) is 2.21. The maximum absolute atomic E-state index is 9.32. The summed E-state index contributed by atoms with van der Waals surface area (Å²) in [6.07, 6.45) is 1.16. The van der Waals surface area contributed by atoms with Gasteiger partial charge >= 0.3 is 0 Å². The van der Waals surface area contributed by atoms with Gasteiger partial charge in [-0.25, -0.2) is 0 Å². The Hall–Kier alpha value is -0.770. The molecule has 0 saturated heterocycles. The van der Waals surface area contributed by atoms with Crippen LogP contribution < -0.4 is 0 Å². The third-order valence-electron chi connectivity index (χ3n) is 2.21. The molecule has 1 aliphatic carbocycles. The van der Waals surface area contributed by atoms with Gasteiger partial charge in [0.05, 0.1) is 12.2 Å². The maximum Gasteiger partial charge on any atom is 0.0803 e. The minimum absolute atomic E-state index is 0.151. The molecule has 0 aliphatic heterocycles. The van der Waals surface area contributed by atoms with E-state index in [2.05, 4.69) is 10.0 Å². The molecule has 12 heavy (non-hydrogen) atoms. The first-order chi connectivity index (χ1) is 5.74. The van der Waals surface area contributed by atoms with Gasteiger partial charge in [0.2, 0.25) is 0 Å². The predicted octanol–water partition coefficient (Wildman–Crippen LogP) is 0.961. The van der Waals surface area contributed by atoms with Crippen LogP contribution in [0.15, 0.2) is 5.11 Å². The van der Waals surface area contributed by atoms with Crippen molar-refractivity contribution in [2.75, 3.05) is 0 Å². The molecule has 3 atom stereocenters. The van der Waals surface area contributed by atoms with Crippen molar-refractivity contribution in [1.82, 2.24) is 0 Å². The Morgan fingerprint density at radius 1 is 1.25 bits per heavy atom. The lowest BCUT2D eigenvalue weighted by atomic mass is 10.1. The summed E-state index contributed by atoms with van der Waals surface area (Å²) in [6.45, 7) is 0. The molecule has 1 saturated carbocycles. The van der Waals surface area contributed by atoms with Crippen molar-refractivity contribution in [3.05, 3.63) is 10.4 Å². The molecule has 0 heterocycles. The van der Waals surface area contributed by atoms with Gasteiger partial charge in [-0.05, 0) is 24.8 Å². The maximum atomic E-state index is 9.32. The molecule has 2 N–H and O–H groups in total. The van der Waals surface area contributed by atoms with E-state index >= 15 is 0 Å². The fourth-order valence-electron chi connectivity index (χ4n) is 1.49. The number of nitrogens with zero attached hydrogens (tertiary/aromatic N) is 3. The van der Waals surface area contributed by atoms with E-state index in [0.29, 0.717) is 12.8 Å². The lowest BCUT2D eigenvalue weighted by molar-refractivity contribution is 0.0141. The monoisotopic (exact) mass is 171 g/mol. The Balaban J connectivity index is 2.53. The van der Waals surface area contributed by atoms with Crippen LogP contribution in [0.5, 0.6) is 0 Å². The molecule has 0 spiro atoms. The molecule has 0 aromatic carbocycles. The highest BCUT2D eigenvalue weighted by Crippen LogP contribution is 2.20. The molecule has 1 aliphatic rings. The zero-order valence-electron chi connectivity index (χ0n) is 6.80. The van der Waals surface area contributed by atoms with Crippen molar-refractivity contribution in [2.45, 2.75) is 43.9 Å². The number of aliphatic hydroxyl groups excluding tert-OH is 2. The fraction of sp³-hybridized carbons (Fsp3) is 1.00. The highest BCUT2D eigenvalue weighted by molar-refractivity contribution is 4.80. The summed E-state index contributed by atoms with van der Waals surface area (Å²) in [7, 11) is 0. The SMILES string of the molecule is [N-]=[N+]=N[C@H]1CCC[C@H](O)[C@H](O)C1. The van der Waals surface area contributed by atoms with Crippen LogP contribution in [0.4, 0.5) is 0 Å². The van der Waals surface area contributed by atoms with Gasteiger partial charge < -0.3 is 10.2 Å². The number of rotatable bonds is 1. The Bertz CT molecular complexity index is 191. The summed E-state index contributed by atoms with van der Waals surface area (Å²) < 4.78 is 0. The summed E-state index contributed by atoms with van der Waals surface area (Å²) >= 11 is 0. The lowest BCUT2D eigenvalue weighted by Gasteiger charge is -2.14. The van der Waals surface area contributed by atoms with E-state index in [9.17, 15) is 10.2 Å². The van der Waals surface area contributed by atoms with Crippen molar-refractivity contribution in [3.63, 3.8) is 0 Å². The van der Waals surface area contributed by atoms with Crippen molar-refractivity contribution in [1.29, 1.82) is 0 Å². The van der Waals surface area contributed by atoms with Crippen LogP contribution in [-0.4, -0.2) is 28.5 Å². The van der Waals surface area contributed by atoms with E-state index in [0.717, 1.165) is 12.8 Å². The minimum Gasteiger partial charge on any atom is -0.390 e. The van der Waals surface area contributed by atoms with Gasteiger partial charge in [-0.15, -0.1) is 0 Å². The van der Waals surface area contributed by atoms with Crippen molar-refractivity contribution in [3.8, 4) is 0 Å². The van der Waals surface area contributed by atoms with Crippen LogP contribution >= 0.6 is 0 Å². The summed E-state index contributed by atoms with van der Waals surface area (Å²) in [5.74, 6) is 0. The smallest absolute Gasteiger partial charge is 0.0803 e. The van der Waals surface area contributed by atoms with Gasteiger partial charge in [-0.1, -0.05) is 11.5 Å². The van der Waals surface area contributed by atoms with Crippen LogP contribution in [0.2, 0.25) is 0 Å². The van der Waals surface area contributed by atoms with E-state index in [1.165, 1.54) is 0 Å². The summed E-state index contributed by atoms with van der Waals surface area (Å²) in [6, 6.07) is -0.151. The van der Waals surface area contributed by atoms with Crippen LogP contribution in [0.3, 0.4) is 0 Å². The van der Waals surface area contributed by atoms with Crippen LogP contribution in [0, 0.1) is 0 Å². The van der Waals surface area contributed by atoms with Gasteiger partial charge in [0.25, 0.3) is 0 Å². The first-order valence-corrected chi connectivity index (χ1v) is 4.14. The Labute approximate surface area is 70.6 Å². The Morgan fingerprint density at radius 3 is 2.67 bits per heavy atom. The van der Waals surface area contributed by atoms with Gasteiger partial charge in [0.15, 0.2) is 0 Å². The minimum atomic E-state index is -0.733. The predicted molar refractivity (Wildman–Crippen MR) is 43.4 cm³/mol. The molecule has 0 amide bonds. The number of aliphatic hydroxyl groups is 2. The molecule has 1 fully saturated rings. The second kappa shape index (κ2) is 4.30. The molecule has 0 bridgehead atoms. The third kappa shape index (κ3) is 2.37. The summed E-state index contributed by atoms with van der Waals surface area (Å²) in [5, 5.41) is 22.1. The van der Waals surface area contributed by atoms with E-state index in [4.69, 9.17) is 5.53 Å². The number of hydrogen-bond acceptors (Lipinski definition) is 3. The topological polar surface area (TPSA) is 89.2 Å². The van der Waals surface area contributed by atoms with E-state index in [1.54, 1.807) is 0 Å². The van der Waals surface area contributed by atoms with E-state index in [-0.39, 0.29) is 6.04 Å². The average Bonchev–Trinajstić information content (AvgIpc) is 2.16. The molecule has 5 heteroatoms. The first-order valence-electron chi connectivity index (χ1n) is 4.14. The van der Waals surface area contributed by atoms with Gasteiger partial charge in [0, 0.05) is 11.0 Å². The zero-order chi connectivity index (χ0) is 8.97.